The van der Waals surface area contributed by atoms with Crippen LogP contribution in [0.5, 0.6) is 11.5 Å². The average Bonchev–Trinajstić information content (AvgIpc) is 3.09. The Morgan fingerprint density at radius 3 is 2.50 bits per heavy atom. The second kappa shape index (κ2) is 11.5. The molecule has 0 saturated carbocycles. The Morgan fingerprint density at radius 2 is 1.86 bits per heavy atom. The van der Waals surface area contributed by atoms with Crippen molar-refractivity contribution < 1.29 is 28.9 Å². The molecule has 0 spiro atoms. The predicted octanol–water partition coefficient (Wildman–Crippen LogP) is 5.48. The van der Waals surface area contributed by atoms with Crippen LogP contribution in [-0.4, -0.2) is 35.2 Å². The minimum atomic E-state index is -0.862. The third-order valence-electron chi connectivity index (χ3n) is 6.24. The van der Waals surface area contributed by atoms with Crippen molar-refractivity contribution in [2.45, 2.75) is 97.4 Å². The van der Waals surface area contributed by atoms with Crippen molar-refractivity contribution in [1.29, 1.82) is 0 Å². The molecule has 0 saturated heterocycles. The van der Waals surface area contributed by atoms with Crippen molar-refractivity contribution >= 4 is 11.8 Å². The Labute approximate surface area is 215 Å². The molecule has 0 aliphatic carbocycles. The summed E-state index contributed by atoms with van der Waals surface area (Å²) < 4.78 is 17.6. The zero-order valence-corrected chi connectivity index (χ0v) is 22.5. The van der Waals surface area contributed by atoms with Crippen LogP contribution in [0.25, 0.3) is 0 Å². The molecular weight excluding hydrogens is 456 g/mol. The summed E-state index contributed by atoms with van der Waals surface area (Å²) in [5.74, 6) is 0.817. The van der Waals surface area contributed by atoms with E-state index in [1.54, 1.807) is 6.92 Å². The van der Waals surface area contributed by atoms with Crippen LogP contribution < -0.4 is 9.47 Å². The first-order valence-electron chi connectivity index (χ1n) is 12.8. The van der Waals surface area contributed by atoms with Gasteiger partial charge >= 0.3 is 5.97 Å². The third kappa shape index (κ3) is 7.33. The van der Waals surface area contributed by atoms with Gasteiger partial charge in [-0.2, -0.15) is 0 Å². The quantitative estimate of drug-likeness (QED) is 0.328. The summed E-state index contributed by atoms with van der Waals surface area (Å²) in [5, 5.41) is 10.6. The zero-order chi connectivity index (χ0) is 26.5. The maximum absolute atomic E-state index is 12.2. The lowest BCUT2D eigenvalue weighted by Gasteiger charge is -2.29. The molecular formula is C30H40O6. The SMILES string of the molecule is CCOC(=O)CC(=O)CC(O)CCc1c2c(cc(OCc3ccccc3)c1C(C)(C)C)CC(C)(C)O2. The lowest BCUT2D eigenvalue weighted by molar-refractivity contribution is -0.145. The van der Waals surface area contributed by atoms with Gasteiger partial charge in [0.25, 0.3) is 0 Å². The first-order chi connectivity index (χ1) is 16.9. The van der Waals surface area contributed by atoms with Crippen LogP contribution in [0.2, 0.25) is 0 Å². The lowest BCUT2D eigenvalue weighted by atomic mass is 9.80. The summed E-state index contributed by atoms with van der Waals surface area (Å²) in [6.45, 7) is 13.0. The number of ketones is 1. The number of carbonyl (C=O) groups is 2. The van der Waals surface area contributed by atoms with Crippen molar-refractivity contribution in [2.75, 3.05) is 6.61 Å². The molecule has 0 radical (unpaired) electrons. The number of ether oxygens (including phenoxy) is 3. The number of hydrogen-bond donors (Lipinski definition) is 1. The van der Waals surface area contributed by atoms with Gasteiger partial charge in [-0.25, -0.2) is 0 Å². The van der Waals surface area contributed by atoms with Crippen LogP contribution in [0.1, 0.15) is 83.1 Å². The second-order valence-electron chi connectivity index (χ2n) is 11.2. The Bertz CT molecular complexity index is 1070. The van der Waals surface area contributed by atoms with Crippen LogP contribution in [-0.2, 0) is 39.2 Å². The average molecular weight is 497 g/mol. The summed E-state index contributed by atoms with van der Waals surface area (Å²) in [6, 6.07) is 12.2. The number of benzene rings is 2. The fourth-order valence-corrected chi connectivity index (χ4v) is 4.81. The smallest absolute Gasteiger partial charge is 0.313 e. The summed E-state index contributed by atoms with van der Waals surface area (Å²) >= 11 is 0. The molecule has 2 aromatic rings. The Hall–Kier alpha value is -2.86. The van der Waals surface area contributed by atoms with Crippen molar-refractivity contribution in [1.82, 2.24) is 0 Å². The number of rotatable bonds is 11. The number of carbonyl (C=O) groups excluding carboxylic acids is 2. The lowest BCUT2D eigenvalue weighted by Crippen LogP contribution is -2.25. The van der Waals surface area contributed by atoms with Gasteiger partial charge < -0.3 is 19.3 Å². The number of aliphatic hydroxyl groups is 1. The molecule has 6 heteroatoms. The molecule has 196 valence electrons. The molecule has 1 unspecified atom stereocenters. The van der Waals surface area contributed by atoms with E-state index in [0.29, 0.717) is 19.4 Å². The van der Waals surface area contributed by atoms with Crippen LogP contribution in [0, 0.1) is 0 Å². The maximum Gasteiger partial charge on any atom is 0.313 e. The molecule has 1 N–H and O–H groups in total. The summed E-state index contributed by atoms with van der Waals surface area (Å²) in [7, 11) is 0. The van der Waals surface area contributed by atoms with Crippen LogP contribution >= 0.6 is 0 Å². The number of aliphatic hydroxyl groups excluding tert-OH is 1. The predicted molar refractivity (Wildman–Crippen MR) is 140 cm³/mol. The summed E-state index contributed by atoms with van der Waals surface area (Å²) in [6.07, 6.45) is 0.411. The van der Waals surface area contributed by atoms with E-state index in [9.17, 15) is 14.7 Å². The van der Waals surface area contributed by atoms with E-state index in [0.717, 1.165) is 40.2 Å². The molecule has 6 nitrogen and oxygen atoms in total. The van der Waals surface area contributed by atoms with Crippen molar-refractivity contribution in [3.05, 3.63) is 58.7 Å². The van der Waals surface area contributed by atoms with Gasteiger partial charge in [-0.05, 0) is 50.7 Å². The van der Waals surface area contributed by atoms with Crippen LogP contribution in [0.3, 0.4) is 0 Å². The molecule has 36 heavy (non-hydrogen) atoms. The standard InChI is InChI=1S/C30H40O6/c1-7-34-26(33)17-23(32)16-22(31)13-14-24-27(29(2,3)4)25(35-19-20-11-9-8-10-12-20)15-21-18-30(5,6)36-28(21)24/h8-12,15,22,31H,7,13-14,16-19H2,1-6H3. The van der Waals surface area contributed by atoms with Crippen LogP contribution in [0.4, 0.5) is 0 Å². The Morgan fingerprint density at radius 1 is 1.17 bits per heavy atom. The fraction of sp³-hybridized carbons (Fsp3) is 0.533. The normalized spacial score (nSPS) is 15.1. The number of Topliss-reactive ketones (excluding diaryl/α,β-unsaturated/α-hetero) is 1. The van der Waals surface area contributed by atoms with Gasteiger partial charge in [-0.1, -0.05) is 51.1 Å². The van der Waals surface area contributed by atoms with Crippen molar-refractivity contribution in [2.24, 2.45) is 0 Å². The molecule has 3 rings (SSSR count). The Kier molecular flexibility index (Phi) is 8.83. The topological polar surface area (TPSA) is 82.1 Å². The van der Waals surface area contributed by atoms with Gasteiger partial charge in [0, 0.05) is 29.5 Å². The van der Waals surface area contributed by atoms with E-state index < -0.39 is 12.1 Å². The largest absolute Gasteiger partial charge is 0.489 e. The highest BCUT2D eigenvalue weighted by atomic mass is 16.5. The van der Waals surface area contributed by atoms with Crippen molar-refractivity contribution in [3.63, 3.8) is 0 Å². The second-order valence-corrected chi connectivity index (χ2v) is 11.2. The van der Waals surface area contributed by atoms with E-state index >= 15 is 0 Å². The molecule has 1 aliphatic rings. The van der Waals surface area contributed by atoms with Crippen molar-refractivity contribution in [3.8, 4) is 11.5 Å². The maximum atomic E-state index is 12.2. The first-order valence-corrected chi connectivity index (χ1v) is 12.8. The van der Waals surface area contributed by atoms with Gasteiger partial charge in [-0.3, -0.25) is 9.59 Å². The molecule has 2 aromatic carbocycles. The molecule has 0 fully saturated rings. The number of fused-ring (bicyclic) bond motifs is 1. The number of esters is 1. The third-order valence-corrected chi connectivity index (χ3v) is 6.24. The van der Waals surface area contributed by atoms with Crippen LogP contribution in [0.15, 0.2) is 36.4 Å². The highest BCUT2D eigenvalue weighted by molar-refractivity contribution is 5.95. The fourth-order valence-electron chi connectivity index (χ4n) is 4.81. The summed E-state index contributed by atoms with van der Waals surface area (Å²) in [4.78, 5) is 23.8. The number of hydrogen-bond acceptors (Lipinski definition) is 6. The molecule has 1 atom stereocenters. The minimum Gasteiger partial charge on any atom is -0.489 e. The van der Waals surface area contributed by atoms with Gasteiger partial charge in [-0.15, -0.1) is 0 Å². The monoisotopic (exact) mass is 496 g/mol. The molecule has 0 aromatic heterocycles. The first kappa shape index (κ1) is 27.7. The van der Waals surface area contributed by atoms with E-state index in [1.807, 2.05) is 30.3 Å². The van der Waals surface area contributed by atoms with Gasteiger partial charge in [0.15, 0.2) is 0 Å². The molecule has 0 amide bonds. The van der Waals surface area contributed by atoms with E-state index in [4.69, 9.17) is 14.2 Å². The molecule has 0 bridgehead atoms. The van der Waals surface area contributed by atoms with Gasteiger partial charge in [0.1, 0.15) is 35.9 Å². The van der Waals surface area contributed by atoms with E-state index in [-0.39, 0.29) is 36.2 Å². The minimum absolute atomic E-state index is 0.0809. The molecule has 1 heterocycles. The highest BCUT2D eigenvalue weighted by Gasteiger charge is 2.36. The van der Waals surface area contributed by atoms with Gasteiger partial charge in [0.05, 0.1) is 12.7 Å². The van der Waals surface area contributed by atoms with E-state index in [1.165, 1.54) is 0 Å². The highest BCUT2D eigenvalue weighted by Crippen LogP contribution is 2.47. The zero-order valence-electron chi connectivity index (χ0n) is 22.5. The van der Waals surface area contributed by atoms with Gasteiger partial charge in [0.2, 0.25) is 0 Å². The Balaban J connectivity index is 1.87. The van der Waals surface area contributed by atoms with E-state index in [2.05, 4.69) is 40.7 Å². The molecule has 1 aliphatic heterocycles. The summed E-state index contributed by atoms with van der Waals surface area (Å²) in [5.41, 5.74) is 3.69.